The molecule has 1 aromatic rings. The molecule has 3 amide bonds. The Bertz CT molecular complexity index is 645. The highest BCUT2D eigenvalue weighted by Crippen LogP contribution is 2.06. The summed E-state index contributed by atoms with van der Waals surface area (Å²) in [6, 6.07) is 6.10. The molecule has 1 N–H and O–H groups in total. The normalized spacial score (nSPS) is 14.1. The maximum atomic E-state index is 13.1. The van der Waals surface area contributed by atoms with Crippen LogP contribution in [0.1, 0.15) is 18.9 Å². The van der Waals surface area contributed by atoms with Crippen molar-refractivity contribution < 1.29 is 23.5 Å². The Morgan fingerprint density at radius 1 is 1.15 bits per heavy atom. The molecular weight excluding hydrogens is 341 g/mol. The molecule has 0 saturated carbocycles. The molecule has 1 saturated heterocycles. The first-order valence-corrected chi connectivity index (χ1v) is 8.70. The lowest BCUT2D eigenvalue weighted by atomic mass is 10.1. The highest BCUT2D eigenvalue weighted by molar-refractivity contribution is 5.85. The van der Waals surface area contributed by atoms with Crippen molar-refractivity contribution in [3.05, 3.63) is 35.6 Å². The molecule has 0 aromatic heterocycles. The van der Waals surface area contributed by atoms with E-state index in [1.54, 1.807) is 28.9 Å². The van der Waals surface area contributed by atoms with E-state index >= 15 is 0 Å². The van der Waals surface area contributed by atoms with E-state index in [1.807, 2.05) is 0 Å². The lowest BCUT2D eigenvalue weighted by Crippen LogP contribution is -2.52. The van der Waals surface area contributed by atoms with Gasteiger partial charge in [0.1, 0.15) is 5.82 Å². The van der Waals surface area contributed by atoms with Gasteiger partial charge in [-0.25, -0.2) is 9.18 Å². The Balaban J connectivity index is 1.67. The van der Waals surface area contributed by atoms with Crippen molar-refractivity contribution >= 4 is 17.9 Å². The molecule has 0 aliphatic carbocycles. The molecule has 7 nitrogen and oxygen atoms in total. The van der Waals surface area contributed by atoms with Crippen LogP contribution in [0.3, 0.4) is 0 Å². The predicted molar refractivity (Wildman–Crippen MR) is 92.9 cm³/mol. The zero-order valence-electron chi connectivity index (χ0n) is 14.9. The van der Waals surface area contributed by atoms with E-state index in [4.69, 9.17) is 4.74 Å². The number of nitrogens with one attached hydrogen (secondary N) is 1. The van der Waals surface area contributed by atoms with E-state index in [0.717, 1.165) is 5.56 Å². The van der Waals surface area contributed by atoms with E-state index in [9.17, 15) is 18.8 Å². The molecular formula is C18H24FN3O4. The summed E-state index contributed by atoms with van der Waals surface area (Å²) in [5, 5.41) is 2.59. The van der Waals surface area contributed by atoms with Crippen molar-refractivity contribution in [1.29, 1.82) is 0 Å². The average molecular weight is 365 g/mol. The number of halogens is 1. The van der Waals surface area contributed by atoms with Gasteiger partial charge in [0.05, 0.1) is 13.2 Å². The molecule has 0 spiro atoms. The minimum absolute atomic E-state index is 0.0820. The highest BCUT2D eigenvalue weighted by Gasteiger charge is 2.24. The zero-order valence-corrected chi connectivity index (χ0v) is 14.9. The number of nitrogens with zero attached hydrogens (tertiary/aromatic N) is 2. The summed E-state index contributed by atoms with van der Waals surface area (Å²) in [4.78, 5) is 38.8. The number of aryl methyl sites for hydroxylation is 1. The number of hydrogen-bond donors (Lipinski definition) is 1. The van der Waals surface area contributed by atoms with Crippen LogP contribution in [0.4, 0.5) is 9.18 Å². The first kappa shape index (κ1) is 19.7. The first-order valence-electron chi connectivity index (χ1n) is 8.70. The smallest absolute Gasteiger partial charge is 0.409 e. The van der Waals surface area contributed by atoms with Crippen LogP contribution in [-0.4, -0.2) is 67.0 Å². The number of benzene rings is 1. The third kappa shape index (κ3) is 6.02. The second-order valence-corrected chi connectivity index (χ2v) is 5.97. The fourth-order valence-corrected chi connectivity index (χ4v) is 2.68. The summed E-state index contributed by atoms with van der Waals surface area (Å²) < 4.78 is 18.0. The SMILES string of the molecule is CCOC(=O)N1CCN(C(=O)CNC(=O)CCc2cccc(F)c2)CC1. The standard InChI is InChI=1S/C18H24FN3O4/c1-2-26-18(25)22-10-8-21(9-11-22)17(24)13-20-16(23)7-6-14-4-3-5-15(19)12-14/h3-5,12H,2,6-11,13H2,1H3,(H,20,23). The lowest BCUT2D eigenvalue weighted by molar-refractivity contribution is -0.134. The van der Waals surface area contributed by atoms with Gasteiger partial charge >= 0.3 is 6.09 Å². The number of amides is 3. The molecule has 8 heteroatoms. The maximum Gasteiger partial charge on any atom is 0.409 e. The van der Waals surface area contributed by atoms with Gasteiger partial charge in [-0.3, -0.25) is 9.59 Å². The summed E-state index contributed by atoms with van der Waals surface area (Å²) in [5.41, 5.74) is 0.738. The number of ether oxygens (including phenoxy) is 1. The predicted octanol–water partition coefficient (Wildman–Crippen LogP) is 1.18. The fraction of sp³-hybridized carbons (Fsp3) is 0.500. The van der Waals surface area contributed by atoms with Crippen LogP contribution in [0.5, 0.6) is 0 Å². The second kappa shape index (κ2) is 9.74. The van der Waals surface area contributed by atoms with E-state index < -0.39 is 0 Å². The molecule has 0 atom stereocenters. The fourth-order valence-electron chi connectivity index (χ4n) is 2.68. The highest BCUT2D eigenvalue weighted by atomic mass is 19.1. The maximum absolute atomic E-state index is 13.1. The van der Waals surface area contributed by atoms with Crippen molar-refractivity contribution in [2.45, 2.75) is 19.8 Å². The minimum Gasteiger partial charge on any atom is -0.450 e. The summed E-state index contributed by atoms with van der Waals surface area (Å²) in [6.07, 6.45) is 0.230. The summed E-state index contributed by atoms with van der Waals surface area (Å²) in [7, 11) is 0. The van der Waals surface area contributed by atoms with Gasteiger partial charge in [-0.05, 0) is 31.0 Å². The first-order chi connectivity index (χ1) is 12.5. The Morgan fingerprint density at radius 2 is 1.85 bits per heavy atom. The topological polar surface area (TPSA) is 79.0 Å². The van der Waals surface area contributed by atoms with Crippen molar-refractivity contribution in [3.8, 4) is 0 Å². The summed E-state index contributed by atoms with van der Waals surface area (Å²) >= 11 is 0. The van der Waals surface area contributed by atoms with Gasteiger partial charge in [0.15, 0.2) is 0 Å². The number of hydrogen-bond acceptors (Lipinski definition) is 4. The Kier molecular flexibility index (Phi) is 7.37. The van der Waals surface area contributed by atoms with Crippen LogP contribution in [0.15, 0.2) is 24.3 Å². The van der Waals surface area contributed by atoms with Crippen LogP contribution in [-0.2, 0) is 20.7 Å². The Labute approximate surface area is 152 Å². The van der Waals surface area contributed by atoms with Crippen LogP contribution >= 0.6 is 0 Å². The molecule has 142 valence electrons. The van der Waals surface area contributed by atoms with Gasteiger partial charge in [-0.2, -0.15) is 0 Å². The van der Waals surface area contributed by atoms with Crippen LogP contribution in [0.2, 0.25) is 0 Å². The molecule has 0 bridgehead atoms. The number of rotatable bonds is 6. The van der Waals surface area contributed by atoms with Gasteiger partial charge in [-0.1, -0.05) is 12.1 Å². The summed E-state index contributed by atoms with van der Waals surface area (Å²) in [6.45, 7) is 3.64. The van der Waals surface area contributed by atoms with Gasteiger partial charge < -0.3 is 19.9 Å². The Hall–Kier alpha value is -2.64. The van der Waals surface area contributed by atoms with Gasteiger partial charge in [0.25, 0.3) is 0 Å². The zero-order chi connectivity index (χ0) is 18.9. The number of carbonyl (C=O) groups excluding carboxylic acids is 3. The third-order valence-corrected chi connectivity index (χ3v) is 4.12. The molecule has 0 radical (unpaired) electrons. The van der Waals surface area contributed by atoms with Crippen molar-refractivity contribution in [2.24, 2.45) is 0 Å². The molecule has 2 rings (SSSR count). The minimum atomic E-state index is -0.370. The Morgan fingerprint density at radius 3 is 2.50 bits per heavy atom. The third-order valence-electron chi connectivity index (χ3n) is 4.12. The van der Waals surface area contributed by atoms with Gasteiger partial charge in [0.2, 0.25) is 11.8 Å². The molecule has 1 aromatic carbocycles. The molecule has 1 heterocycles. The molecule has 26 heavy (non-hydrogen) atoms. The quantitative estimate of drug-likeness (QED) is 0.821. The van der Waals surface area contributed by atoms with Crippen LogP contribution in [0.25, 0.3) is 0 Å². The van der Waals surface area contributed by atoms with Crippen LogP contribution < -0.4 is 5.32 Å². The van der Waals surface area contributed by atoms with E-state index in [-0.39, 0.29) is 36.7 Å². The number of piperazine rings is 1. The largest absolute Gasteiger partial charge is 0.450 e. The van der Waals surface area contributed by atoms with Gasteiger partial charge in [-0.15, -0.1) is 0 Å². The van der Waals surface area contributed by atoms with Crippen LogP contribution in [0, 0.1) is 5.82 Å². The second-order valence-electron chi connectivity index (χ2n) is 5.97. The monoisotopic (exact) mass is 365 g/mol. The molecule has 1 aliphatic rings. The van der Waals surface area contributed by atoms with Crippen molar-refractivity contribution in [1.82, 2.24) is 15.1 Å². The average Bonchev–Trinajstić information content (AvgIpc) is 2.65. The van der Waals surface area contributed by atoms with Gasteiger partial charge in [0, 0.05) is 32.6 Å². The molecule has 1 fully saturated rings. The lowest BCUT2D eigenvalue weighted by Gasteiger charge is -2.34. The molecule has 0 unspecified atom stereocenters. The van der Waals surface area contributed by atoms with E-state index in [2.05, 4.69) is 5.32 Å². The van der Waals surface area contributed by atoms with Crippen molar-refractivity contribution in [2.75, 3.05) is 39.3 Å². The van der Waals surface area contributed by atoms with E-state index in [0.29, 0.717) is 39.2 Å². The van der Waals surface area contributed by atoms with Crippen molar-refractivity contribution in [3.63, 3.8) is 0 Å². The summed E-state index contributed by atoms with van der Waals surface area (Å²) in [5.74, 6) is -0.777. The number of carbonyl (C=O) groups is 3. The van der Waals surface area contributed by atoms with E-state index in [1.165, 1.54) is 12.1 Å². The molecule has 1 aliphatic heterocycles.